The van der Waals surface area contributed by atoms with Crippen molar-refractivity contribution in [3.63, 3.8) is 0 Å². The number of benzene rings is 1. The van der Waals surface area contributed by atoms with Crippen LogP contribution < -0.4 is 5.73 Å². The van der Waals surface area contributed by atoms with Gasteiger partial charge in [0.2, 0.25) is 5.91 Å². The standard InChI is InChI=1S/C19H22F2N4O3/c1-2-15-18(19(27)28)23-16-10-24(5-6-25(15)16)17(26)9-13(22)8-11-7-12(20)3-4-14(11)21/h3-4,7,13H,2,5-6,8-10,22H2,1H3,(H,27,28)/t13-/m1/s1. The predicted molar refractivity (Wildman–Crippen MR) is 96.6 cm³/mol. The summed E-state index contributed by atoms with van der Waals surface area (Å²) in [5.41, 5.74) is 6.78. The number of nitrogens with two attached hydrogens (primary N) is 1. The van der Waals surface area contributed by atoms with Crippen LogP contribution in [0.3, 0.4) is 0 Å². The summed E-state index contributed by atoms with van der Waals surface area (Å²) in [6.07, 6.45) is 0.552. The number of hydrogen-bond acceptors (Lipinski definition) is 4. The van der Waals surface area contributed by atoms with Gasteiger partial charge in [-0.2, -0.15) is 0 Å². The molecule has 0 unspecified atom stereocenters. The van der Waals surface area contributed by atoms with E-state index >= 15 is 0 Å². The summed E-state index contributed by atoms with van der Waals surface area (Å²) in [7, 11) is 0. The Kier molecular flexibility index (Phi) is 5.73. The van der Waals surface area contributed by atoms with Gasteiger partial charge in [0.1, 0.15) is 17.5 Å². The van der Waals surface area contributed by atoms with Crippen molar-refractivity contribution in [3.8, 4) is 0 Å². The number of carboxylic acids is 1. The van der Waals surface area contributed by atoms with Gasteiger partial charge in [-0.05, 0) is 36.6 Å². The molecule has 1 aromatic heterocycles. The summed E-state index contributed by atoms with van der Waals surface area (Å²) in [5, 5.41) is 9.29. The lowest BCUT2D eigenvalue weighted by atomic mass is 10.0. The zero-order valence-corrected chi connectivity index (χ0v) is 15.5. The molecule has 0 saturated carbocycles. The summed E-state index contributed by atoms with van der Waals surface area (Å²) in [5.74, 6) is -1.90. The maximum absolute atomic E-state index is 13.7. The average molecular weight is 392 g/mol. The second kappa shape index (κ2) is 8.05. The first-order valence-corrected chi connectivity index (χ1v) is 9.09. The van der Waals surface area contributed by atoms with Crippen LogP contribution in [0.15, 0.2) is 18.2 Å². The molecule has 0 bridgehead atoms. The lowest BCUT2D eigenvalue weighted by molar-refractivity contribution is -0.133. The molecule has 2 heterocycles. The Morgan fingerprint density at radius 2 is 2.07 bits per heavy atom. The van der Waals surface area contributed by atoms with Crippen molar-refractivity contribution in [1.29, 1.82) is 0 Å². The number of aromatic nitrogens is 2. The van der Waals surface area contributed by atoms with E-state index in [2.05, 4.69) is 4.98 Å². The number of carboxylic acid groups (broad SMARTS) is 1. The molecule has 3 N–H and O–H groups in total. The zero-order chi connectivity index (χ0) is 20.4. The Bertz CT molecular complexity index is 913. The predicted octanol–water partition coefficient (Wildman–Crippen LogP) is 1.72. The molecule has 1 aromatic carbocycles. The van der Waals surface area contributed by atoms with Crippen LogP contribution in [0.4, 0.5) is 8.78 Å². The minimum atomic E-state index is -1.09. The molecule has 9 heteroatoms. The first-order chi connectivity index (χ1) is 13.3. The van der Waals surface area contributed by atoms with Crippen molar-refractivity contribution in [2.45, 2.75) is 45.3 Å². The maximum atomic E-state index is 13.7. The number of hydrogen-bond donors (Lipinski definition) is 2. The van der Waals surface area contributed by atoms with Crippen LogP contribution in [0.2, 0.25) is 0 Å². The fourth-order valence-corrected chi connectivity index (χ4v) is 3.54. The Hall–Kier alpha value is -2.81. The normalized spacial score (nSPS) is 14.6. The molecule has 150 valence electrons. The van der Waals surface area contributed by atoms with Crippen molar-refractivity contribution >= 4 is 11.9 Å². The fourth-order valence-electron chi connectivity index (χ4n) is 3.54. The average Bonchev–Trinajstić information content (AvgIpc) is 3.02. The molecule has 1 amide bonds. The highest BCUT2D eigenvalue weighted by molar-refractivity contribution is 5.87. The number of fused-ring (bicyclic) bond motifs is 1. The molecule has 0 spiro atoms. The van der Waals surface area contributed by atoms with Gasteiger partial charge in [-0.1, -0.05) is 6.92 Å². The SMILES string of the molecule is CCc1c(C(=O)O)nc2n1CCN(C(=O)C[C@H](N)Cc1cc(F)ccc1F)C2. The maximum Gasteiger partial charge on any atom is 0.356 e. The number of halogens is 2. The van der Waals surface area contributed by atoms with E-state index < -0.39 is 23.6 Å². The van der Waals surface area contributed by atoms with Gasteiger partial charge < -0.3 is 20.3 Å². The van der Waals surface area contributed by atoms with Crippen LogP contribution in [-0.2, 0) is 30.7 Å². The number of carbonyl (C=O) groups excluding carboxylic acids is 1. The summed E-state index contributed by atoms with van der Waals surface area (Å²) < 4.78 is 28.9. The second-order valence-electron chi connectivity index (χ2n) is 6.85. The minimum absolute atomic E-state index is 0.0186. The molecule has 28 heavy (non-hydrogen) atoms. The van der Waals surface area contributed by atoms with Crippen LogP contribution >= 0.6 is 0 Å². The lowest BCUT2D eigenvalue weighted by Gasteiger charge is -2.29. The number of carbonyl (C=O) groups is 2. The summed E-state index contributed by atoms with van der Waals surface area (Å²) >= 11 is 0. The molecule has 3 rings (SSSR count). The molecule has 0 aliphatic carbocycles. The fraction of sp³-hybridized carbons (Fsp3) is 0.421. The molecule has 0 radical (unpaired) electrons. The second-order valence-corrected chi connectivity index (χ2v) is 6.85. The van der Waals surface area contributed by atoms with E-state index in [0.29, 0.717) is 31.0 Å². The quantitative estimate of drug-likeness (QED) is 0.780. The van der Waals surface area contributed by atoms with E-state index in [1.54, 1.807) is 4.90 Å². The van der Waals surface area contributed by atoms with Gasteiger partial charge >= 0.3 is 5.97 Å². The Morgan fingerprint density at radius 3 is 2.75 bits per heavy atom. The van der Waals surface area contributed by atoms with E-state index in [-0.39, 0.29) is 36.6 Å². The van der Waals surface area contributed by atoms with E-state index in [9.17, 15) is 23.5 Å². The smallest absolute Gasteiger partial charge is 0.356 e. The van der Waals surface area contributed by atoms with Gasteiger partial charge in [0.25, 0.3) is 0 Å². The van der Waals surface area contributed by atoms with Crippen molar-refractivity contribution < 1.29 is 23.5 Å². The monoisotopic (exact) mass is 392 g/mol. The van der Waals surface area contributed by atoms with Crippen LogP contribution in [0.1, 0.15) is 40.9 Å². The Balaban J connectivity index is 1.66. The molecular formula is C19H22F2N4O3. The zero-order valence-electron chi connectivity index (χ0n) is 15.5. The number of aromatic carboxylic acids is 1. The highest BCUT2D eigenvalue weighted by Crippen LogP contribution is 2.20. The van der Waals surface area contributed by atoms with Gasteiger partial charge in [0.15, 0.2) is 5.69 Å². The van der Waals surface area contributed by atoms with Gasteiger partial charge in [0, 0.05) is 25.6 Å². The topological polar surface area (TPSA) is 101 Å². The van der Waals surface area contributed by atoms with E-state index in [0.717, 1.165) is 18.2 Å². The molecular weight excluding hydrogens is 370 g/mol. The molecule has 2 aromatic rings. The minimum Gasteiger partial charge on any atom is -0.476 e. The van der Waals surface area contributed by atoms with Gasteiger partial charge in [-0.15, -0.1) is 0 Å². The van der Waals surface area contributed by atoms with Crippen LogP contribution in [0.5, 0.6) is 0 Å². The van der Waals surface area contributed by atoms with Crippen molar-refractivity contribution in [3.05, 3.63) is 52.6 Å². The first-order valence-electron chi connectivity index (χ1n) is 9.09. The van der Waals surface area contributed by atoms with Gasteiger partial charge in [-0.25, -0.2) is 18.6 Å². The first kappa shape index (κ1) is 19.9. The highest BCUT2D eigenvalue weighted by atomic mass is 19.1. The van der Waals surface area contributed by atoms with E-state index in [1.807, 2.05) is 11.5 Å². The van der Waals surface area contributed by atoms with Crippen LogP contribution in [-0.4, -0.2) is 44.0 Å². The molecule has 7 nitrogen and oxygen atoms in total. The largest absolute Gasteiger partial charge is 0.476 e. The Morgan fingerprint density at radius 1 is 1.32 bits per heavy atom. The molecule has 1 aliphatic heterocycles. The molecule has 0 saturated heterocycles. The van der Waals surface area contributed by atoms with Crippen LogP contribution in [0, 0.1) is 11.6 Å². The van der Waals surface area contributed by atoms with E-state index in [1.165, 1.54) is 0 Å². The molecule has 0 fully saturated rings. The Labute approximate surface area is 160 Å². The third-order valence-electron chi connectivity index (χ3n) is 4.89. The van der Waals surface area contributed by atoms with Crippen molar-refractivity contribution in [2.24, 2.45) is 5.73 Å². The molecule has 1 aliphatic rings. The summed E-state index contributed by atoms with van der Waals surface area (Å²) in [6.45, 7) is 2.92. The third-order valence-corrected chi connectivity index (χ3v) is 4.89. The van der Waals surface area contributed by atoms with Crippen molar-refractivity contribution in [1.82, 2.24) is 14.5 Å². The van der Waals surface area contributed by atoms with Gasteiger partial charge in [-0.3, -0.25) is 4.79 Å². The van der Waals surface area contributed by atoms with Gasteiger partial charge in [0.05, 0.1) is 12.2 Å². The molecule has 1 atom stereocenters. The summed E-state index contributed by atoms with van der Waals surface area (Å²) in [6, 6.07) is 2.49. The number of rotatable bonds is 6. The summed E-state index contributed by atoms with van der Waals surface area (Å²) in [4.78, 5) is 29.7. The highest BCUT2D eigenvalue weighted by Gasteiger charge is 2.28. The number of nitrogens with zero attached hydrogens (tertiary/aromatic N) is 3. The third kappa shape index (κ3) is 4.04. The lowest BCUT2D eigenvalue weighted by Crippen LogP contribution is -2.41. The van der Waals surface area contributed by atoms with Crippen molar-refractivity contribution in [2.75, 3.05) is 6.54 Å². The van der Waals surface area contributed by atoms with Crippen LogP contribution in [0.25, 0.3) is 0 Å². The number of imidazole rings is 1. The van der Waals surface area contributed by atoms with E-state index in [4.69, 9.17) is 5.73 Å². The number of amides is 1.